The van der Waals surface area contributed by atoms with Gasteiger partial charge < -0.3 is 14.2 Å². The molecular formula is C25H20F6O3. The van der Waals surface area contributed by atoms with Crippen molar-refractivity contribution >= 4 is 0 Å². The molecule has 0 heterocycles. The lowest BCUT2D eigenvalue weighted by Gasteiger charge is -2.35. The first kappa shape index (κ1) is 23.8. The molecule has 0 saturated carbocycles. The molecule has 4 rings (SSSR count). The van der Waals surface area contributed by atoms with E-state index in [2.05, 4.69) is 0 Å². The van der Waals surface area contributed by atoms with Crippen molar-refractivity contribution in [1.82, 2.24) is 0 Å². The Morgan fingerprint density at radius 1 is 0.618 bits per heavy atom. The van der Waals surface area contributed by atoms with Crippen LogP contribution < -0.4 is 14.2 Å². The first-order valence-corrected chi connectivity index (χ1v) is 10.5. The Labute approximate surface area is 191 Å². The summed E-state index contributed by atoms with van der Waals surface area (Å²) in [6.45, 7) is 3.52. The van der Waals surface area contributed by atoms with Crippen molar-refractivity contribution in [3.05, 3.63) is 76.9 Å². The second kappa shape index (κ2) is 8.77. The Balaban J connectivity index is 1.74. The molecule has 1 aliphatic rings. The number of rotatable bonds is 7. The first-order valence-electron chi connectivity index (χ1n) is 10.5. The van der Waals surface area contributed by atoms with E-state index >= 15 is 13.2 Å². The molecule has 34 heavy (non-hydrogen) atoms. The molecule has 0 atom stereocenters. The Morgan fingerprint density at radius 2 is 1.09 bits per heavy atom. The second-order valence-corrected chi connectivity index (χ2v) is 7.55. The summed E-state index contributed by atoms with van der Waals surface area (Å²) >= 11 is 0. The second-order valence-electron chi connectivity index (χ2n) is 7.55. The number of halogens is 6. The van der Waals surface area contributed by atoms with Crippen molar-refractivity contribution < 1.29 is 40.6 Å². The summed E-state index contributed by atoms with van der Waals surface area (Å²) in [6.07, 6.45) is 0. The topological polar surface area (TPSA) is 27.7 Å². The Bertz CT molecular complexity index is 1210. The van der Waals surface area contributed by atoms with E-state index in [0.29, 0.717) is 17.9 Å². The van der Waals surface area contributed by atoms with Crippen molar-refractivity contribution in [1.29, 1.82) is 0 Å². The third-order valence-electron chi connectivity index (χ3n) is 5.45. The molecule has 0 spiro atoms. The highest BCUT2D eigenvalue weighted by molar-refractivity contribution is 5.78. The summed E-state index contributed by atoms with van der Waals surface area (Å²) in [4.78, 5) is 0. The fourth-order valence-electron chi connectivity index (χ4n) is 3.88. The summed E-state index contributed by atoms with van der Waals surface area (Å²) in [5.41, 5.74) is -3.58. The summed E-state index contributed by atoms with van der Waals surface area (Å²) in [5, 5.41) is 0. The molecule has 3 aromatic carbocycles. The number of benzene rings is 3. The van der Waals surface area contributed by atoms with E-state index in [1.807, 2.05) is 6.92 Å². The van der Waals surface area contributed by atoms with Crippen LogP contribution in [0.4, 0.5) is 26.3 Å². The molecule has 0 radical (unpaired) electrons. The maximum atomic E-state index is 15.2. The predicted molar refractivity (Wildman–Crippen MR) is 113 cm³/mol. The van der Waals surface area contributed by atoms with E-state index in [1.54, 1.807) is 24.3 Å². The largest absolute Gasteiger partial charge is 0.494 e. The van der Waals surface area contributed by atoms with Gasteiger partial charge in [0.15, 0.2) is 23.1 Å². The van der Waals surface area contributed by atoms with Crippen molar-refractivity contribution in [2.24, 2.45) is 0 Å². The zero-order valence-corrected chi connectivity index (χ0v) is 18.2. The normalized spacial score (nSPS) is 15.3. The fraction of sp³-hybridized carbons (Fsp3) is 0.280. The molecule has 0 aliphatic heterocycles. The van der Waals surface area contributed by atoms with Gasteiger partial charge in [0.1, 0.15) is 12.4 Å². The Morgan fingerprint density at radius 3 is 1.56 bits per heavy atom. The minimum absolute atomic E-state index is 0.0576. The molecule has 3 nitrogen and oxygen atoms in total. The zero-order valence-electron chi connectivity index (χ0n) is 18.2. The van der Waals surface area contributed by atoms with Crippen LogP contribution in [-0.2, 0) is 18.5 Å². The molecule has 9 heteroatoms. The van der Waals surface area contributed by atoms with Crippen LogP contribution in [0.15, 0.2) is 48.5 Å². The van der Waals surface area contributed by atoms with Crippen molar-refractivity contribution in [3.63, 3.8) is 0 Å². The van der Waals surface area contributed by atoms with E-state index in [9.17, 15) is 13.2 Å². The highest BCUT2D eigenvalue weighted by Crippen LogP contribution is 2.60. The summed E-state index contributed by atoms with van der Waals surface area (Å²) in [7, 11) is 0. The molecule has 180 valence electrons. The quantitative estimate of drug-likeness (QED) is 0.333. The molecule has 0 N–H and O–H groups in total. The molecule has 0 fully saturated rings. The number of ether oxygens (including phenoxy) is 3. The van der Waals surface area contributed by atoms with E-state index in [0.717, 1.165) is 24.3 Å². The third-order valence-corrected chi connectivity index (χ3v) is 5.45. The van der Waals surface area contributed by atoms with Crippen LogP contribution in [0.1, 0.15) is 30.5 Å². The zero-order chi connectivity index (χ0) is 24.7. The molecule has 0 aromatic heterocycles. The van der Waals surface area contributed by atoms with Gasteiger partial charge in [0.2, 0.25) is 0 Å². The minimum atomic E-state index is -5.04. The lowest BCUT2D eigenvalue weighted by atomic mass is 9.79. The highest BCUT2D eigenvalue weighted by Gasteiger charge is 2.65. The van der Waals surface area contributed by atoms with E-state index in [4.69, 9.17) is 14.2 Å². The average molecular weight is 482 g/mol. The first-order chi connectivity index (χ1) is 16.1. The van der Waals surface area contributed by atoms with Crippen LogP contribution in [0.3, 0.4) is 0 Å². The van der Waals surface area contributed by atoms with Crippen molar-refractivity contribution in [2.75, 3.05) is 13.2 Å². The third kappa shape index (κ3) is 3.73. The lowest BCUT2D eigenvalue weighted by molar-refractivity contribution is -0.228. The standard InChI is InChI=1S/C25H20F6O3/c1-3-32-15-7-5-14(6-8-15)13-34-19-12-10-17-16-9-11-18(33-4-2)22(26)20(16)24(28,29)25(30,31)21(17)23(19)27/h5-12H,3-4,13H2,1-2H3. The van der Waals surface area contributed by atoms with Crippen LogP contribution in [-0.4, -0.2) is 13.2 Å². The van der Waals surface area contributed by atoms with Crippen LogP contribution in [0.25, 0.3) is 11.1 Å². The number of hydrogen-bond acceptors (Lipinski definition) is 3. The van der Waals surface area contributed by atoms with Gasteiger partial charge in [-0.05, 0) is 66.9 Å². The molecule has 0 bridgehead atoms. The highest BCUT2D eigenvalue weighted by atomic mass is 19.3. The van der Waals surface area contributed by atoms with Gasteiger partial charge in [-0.15, -0.1) is 0 Å². The van der Waals surface area contributed by atoms with Crippen molar-refractivity contribution in [3.8, 4) is 28.4 Å². The summed E-state index contributed by atoms with van der Waals surface area (Å²) in [6, 6.07) is 10.7. The Hall–Kier alpha value is -3.36. The van der Waals surface area contributed by atoms with E-state index in [-0.39, 0.29) is 13.2 Å². The number of hydrogen-bond donors (Lipinski definition) is 0. The van der Waals surface area contributed by atoms with Crippen LogP contribution in [0.2, 0.25) is 0 Å². The smallest absolute Gasteiger partial charge is 0.343 e. The molecular weight excluding hydrogens is 462 g/mol. The van der Waals surface area contributed by atoms with Crippen LogP contribution in [0.5, 0.6) is 17.2 Å². The predicted octanol–water partition coefficient (Wildman–Crippen LogP) is 7.21. The molecule has 0 amide bonds. The van der Waals surface area contributed by atoms with E-state index in [1.165, 1.54) is 6.92 Å². The van der Waals surface area contributed by atoms with Gasteiger partial charge in [0, 0.05) is 0 Å². The van der Waals surface area contributed by atoms with Crippen LogP contribution in [0, 0.1) is 11.6 Å². The van der Waals surface area contributed by atoms with Gasteiger partial charge in [0.05, 0.1) is 24.3 Å². The Kier molecular flexibility index (Phi) is 6.14. The van der Waals surface area contributed by atoms with Gasteiger partial charge in [-0.25, -0.2) is 8.78 Å². The van der Waals surface area contributed by atoms with Gasteiger partial charge in [-0.3, -0.25) is 0 Å². The summed E-state index contributed by atoms with van der Waals surface area (Å²) < 4.78 is 105. The molecule has 0 unspecified atom stereocenters. The van der Waals surface area contributed by atoms with Gasteiger partial charge in [0.25, 0.3) is 0 Å². The molecule has 3 aromatic rings. The van der Waals surface area contributed by atoms with Gasteiger partial charge >= 0.3 is 11.8 Å². The fourth-order valence-corrected chi connectivity index (χ4v) is 3.88. The van der Waals surface area contributed by atoms with E-state index < -0.39 is 57.2 Å². The van der Waals surface area contributed by atoms with Gasteiger partial charge in [-0.1, -0.05) is 12.1 Å². The lowest BCUT2D eigenvalue weighted by Crippen LogP contribution is -2.41. The average Bonchev–Trinajstić information content (AvgIpc) is 2.79. The monoisotopic (exact) mass is 482 g/mol. The SMILES string of the molecule is CCOc1ccc(COc2ccc3c(c2F)C(F)(F)C(F)(F)c2c-3ccc(OCC)c2F)cc1. The molecule has 0 saturated heterocycles. The number of alkyl halides is 4. The summed E-state index contributed by atoms with van der Waals surface area (Å²) in [5.74, 6) is -13.9. The van der Waals surface area contributed by atoms with Crippen molar-refractivity contribution in [2.45, 2.75) is 32.3 Å². The maximum Gasteiger partial charge on any atom is 0.343 e. The van der Waals surface area contributed by atoms with Crippen LogP contribution >= 0.6 is 0 Å². The number of fused-ring (bicyclic) bond motifs is 3. The maximum absolute atomic E-state index is 15.2. The minimum Gasteiger partial charge on any atom is -0.494 e. The molecule has 1 aliphatic carbocycles. The van der Waals surface area contributed by atoms with Gasteiger partial charge in [-0.2, -0.15) is 17.6 Å².